The molecule has 190 valence electrons. The van der Waals surface area contributed by atoms with Crippen molar-refractivity contribution < 1.29 is 0 Å². The number of para-hydroxylation sites is 1. The zero-order valence-corrected chi connectivity index (χ0v) is 22.5. The molecule has 3 N–H and O–H groups in total. The summed E-state index contributed by atoms with van der Waals surface area (Å²) in [5, 5.41) is 5.16. The van der Waals surface area contributed by atoms with Crippen LogP contribution in [0.2, 0.25) is 0 Å². The van der Waals surface area contributed by atoms with Gasteiger partial charge in [-0.05, 0) is 75.2 Å². The molecule has 1 aromatic carbocycles. The summed E-state index contributed by atoms with van der Waals surface area (Å²) in [6.07, 6.45) is 20.1. The van der Waals surface area contributed by atoms with Gasteiger partial charge in [-0.3, -0.25) is 0 Å². The van der Waals surface area contributed by atoms with Gasteiger partial charge < -0.3 is 15.6 Å². The molecule has 3 nitrogen and oxygen atoms in total. The summed E-state index contributed by atoms with van der Waals surface area (Å²) in [5.74, 6) is 1.53. The molecule has 0 spiro atoms. The van der Waals surface area contributed by atoms with Crippen molar-refractivity contribution in [3.8, 4) is 0 Å². The summed E-state index contributed by atoms with van der Waals surface area (Å²) >= 11 is 0. The number of hydrogen-bond acceptors (Lipinski definition) is 2. The van der Waals surface area contributed by atoms with E-state index in [9.17, 15) is 0 Å². The topological polar surface area (TPSA) is 43.0 Å². The maximum Gasteiger partial charge on any atom is 0.0483 e. The monoisotopic (exact) mass is 497 g/mol. The lowest BCUT2D eigenvalue weighted by Crippen LogP contribution is -2.24. The Balaban J connectivity index is 0.00000272. The molecule has 0 radical (unpaired) electrons. The number of aryl methyl sites for hydroxylation is 1. The number of halogens is 2. The lowest BCUT2D eigenvalue weighted by Gasteiger charge is -2.30. The fourth-order valence-corrected chi connectivity index (χ4v) is 5.61. The summed E-state index contributed by atoms with van der Waals surface area (Å²) < 4.78 is 2.57. The van der Waals surface area contributed by atoms with Gasteiger partial charge in [0, 0.05) is 23.6 Å². The van der Waals surface area contributed by atoms with E-state index in [0.29, 0.717) is 5.92 Å². The SMILES string of the molecule is CCCCCCCCn1cc(C(CCNCCCN)C2CCCCC2)c2ccccc21.Cl.Cl. The van der Waals surface area contributed by atoms with Crippen LogP contribution in [0.3, 0.4) is 0 Å². The van der Waals surface area contributed by atoms with Crippen molar-refractivity contribution in [2.24, 2.45) is 11.7 Å². The van der Waals surface area contributed by atoms with Crippen LogP contribution in [0.1, 0.15) is 102 Å². The molecule has 1 aliphatic rings. The van der Waals surface area contributed by atoms with Crippen LogP contribution in [-0.2, 0) is 6.54 Å². The molecule has 1 atom stereocenters. The normalized spacial score (nSPS) is 15.2. The van der Waals surface area contributed by atoms with Gasteiger partial charge in [-0.15, -0.1) is 24.8 Å². The average molecular weight is 499 g/mol. The van der Waals surface area contributed by atoms with Crippen molar-refractivity contribution in [3.63, 3.8) is 0 Å². The van der Waals surface area contributed by atoms with Gasteiger partial charge in [-0.2, -0.15) is 0 Å². The average Bonchev–Trinajstić information content (AvgIpc) is 3.17. The van der Waals surface area contributed by atoms with Gasteiger partial charge in [0.2, 0.25) is 0 Å². The fourth-order valence-electron chi connectivity index (χ4n) is 5.61. The zero-order chi connectivity index (χ0) is 21.7. The van der Waals surface area contributed by atoms with Crippen LogP contribution in [-0.4, -0.2) is 24.2 Å². The van der Waals surface area contributed by atoms with E-state index < -0.39 is 0 Å². The quantitative estimate of drug-likeness (QED) is 0.246. The molecule has 0 amide bonds. The number of rotatable bonds is 15. The Labute approximate surface area is 215 Å². The Hall–Kier alpha value is -0.740. The Bertz CT molecular complexity index is 740. The van der Waals surface area contributed by atoms with Crippen molar-refractivity contribution >= 4 is 35.7 Å². The first-order chi connectivity index (χ1) is 15.3. The molecular weight excluding hydrogens is 449 g/mol. The van der Waals surface area contributed by atoms with Gasteiger partial charge in [-0.25, -0.2) is 0 Å². The third-order valence-corrected chi connectivity index (χ3v) is 7.38. The van der Waals surface area contributed by atoms with Crippen LogP contribution in [0.25, 0.3) is 10.9 Å². The van der Waals surface area contributed by atoms with Gasteiger partial charge in [0.15, 0.2) is 0 Å². The molecule has 1 saturated carbocycles. The predicted molar refractivity (Wildman–Crippen MR) is 150 cm³/mol. The molecule has 2 aromatic rings. The highest BCUT2D eigenvalue weighted by atomic mass is 35.5. The summed E-state index contributed by atoms with van der Waals surface area (Å²) in [4.78, 5) is 0. The molecule has 3 rings (SSSR count). The molecule has 1 fully saturated rings. The summed E-state index contributed by atoms with van der Waals surface area (Å²) in [6.45, 7) is 6.40. The van der Waals surface area contributed by atoms with Crippen molar-refractivity contribution in [2.45, 2.75) is 103 Å². The molecule has 1 aromatic heterocycles. The van der Waals surface area contributed by atoms with Gasteiger partial charge in [0.05, 0.1) is 0 Å². The molecule has 5 heteroatoms. The smallest absolute Gasteiger partial charge is 0.0483 e. The third kappa shape index (κ3) is 9.43. The first kappa shape index (κ1) is 30.3. The lowest BCUT2D eigenvalue weighted by atomic mass is 9.75. The molecule has 0 saturated heterocycles. The summed E-state index contributed by atoms with van der Waals surface area (Å²) in [6, 6.07) is 9.17. The molecule has 1 heterocycles. The highest BCUT2D eigenvalue weighted by Crippen LogP contribution is 2.41. The number of nitrogens with two attached hydrogens (primary N) is 1. The minimum absolute atomic E-state index is 0. The van der Waals surface area contributed by atoms with Crippen molar-refractivity contribution in [1.82, 2.24) is 9.88 Å². The first-order valence-corrected chi connectivity index (χ1v) is 13.3. The van der Waals surface area contributed by atoms with Crippen LogP contribution in [0, 0.1) is 5.92 Å². The maximum absolute atomic E-state index is 5.67. The maximum atomic E-state index is 5.67. The number of hydrogen-bond donors (Lipinski definition) is 2. The number of nitrogens with one attached hydrogen (secondary N) is 1. The number of fused-ring (bicyclic) bond motifs is 1. The second kappa shape index (κ2) is 17.7. The Morgan fingerprint density at radius 1 is 0.939 bits per heavy atom. The van der Waals surface area contributed by atoms with Crippen molar-refractivity contribution in [2.75, 3.05) is 19.6 Å². The zero-order valence-electron chi connectivity index (χ0n) is 20.9. The number of aromatic nitrogens is 1. The summed E-state index contributed by atoms with van der Waals surface area (Å²) in [7, 11) is 0. The van der Waals surface area contributed by atoms with Crippen LogP contribution < -0.4 is 11.1 Å². The second-order valence-electron chi connectivity index (χ2n) is 9.75. The minimum Gasteiger partial charge on any atom is -0.347 e. The lowest BCUT2D eigenvalue weighted by molar-refractivity contribution is 0.293. The van der Waals surface area contributed by atoms with Gasteiger partial charge in [0.1, 0.15) is 0 Å². The first-order valence-electron chi connectivity index (χ1n) is 13.3. The fraction of sp³-hybridized carbons (Fsp3) is 0.714. The van der Waals surface area contributed by atoms with Crippen molar-refractivity contribution in [3.05, 3.63) is 36.0 Å². The van der Waals surface area contributed by atoms with E-state index in [2.05, 4.69) is 47.3 Å². The van der Waals surface area contributed by atoms with E-state index in [-0.39, 0.29) is 24.8 Å². The van der Waals surface area contributed by atoms with E-state index in [4.69, 9.17) is 5.73 Å². The second-order valence-corrected chi connectivity index (χ2v) is 9.75. The van der Waals surface area contributed by atoms with E-state index in [0.717, 1.165) is 32.0 Å². The largest absolute Gasteiger partial charge is 0.347 e. The van der Waals surface area contributed by atoms with Crippen LogP contribution in [0.15, 0.2) is 30.5 Å². The standard InChI is InChI=1S/C28H47N3.2ClH/c1-2-3-4-5-6-12-22-31-23-27(26-16-10-11-17-28(26)31)25(18-21-30-20-13-19-29)24-14-8-7-9-15-24;;/h10-11,16-17,23-25,30H,2-9,12-15,18-22,29H2,1H3;2*1H. The molecule has 0 bridgehead atoms. The van der Waals surface area contributed by atoms with E-state index >= 15 is 0 Å². The van der Waals surface area contributed by atoms with Crippen LogP contribution in [0.5, 0.6) is 0 Å². The number of benzene rings is 1. The van der Waals surface area contributed by atoms with E-state index in [1.54, 1.807) is 5.56 Å². The minimum atomic E-state index is 0. The molecular formula is C28H49Cl2N3. The predicted octanol–water partition coefficient (Wildman–Crippen LogP) is 7.84. The Morgan fingerprint density at radius 2 is 1.67 bits per heavy atom. The van der Waals surface area contributed by atoms with E-state index in [1.807, 2.05) is 0 Å². The highest BCUT2D eigenvalue weighted by molar-refractivity contribution is 5.86. The molecule has 0 aliphatic heterocycles. The van der Waals surface area contributed by atoms with Crippen molar-refractivity contribution in [1.29, 1.82) is 0 Å². The van der Waals surface area contributed by atoms with E-state index in [1.165, 1.54) is 94.5 Å². The Kier molecular flexibility index (Phi) is 16.2. The number of unbranched alkanes of at least 4 members (excludes halogenated alkanes) is 5. The van der Waals surface area contributed by atoms with Crippen LogP contribution >= 0.6 is 24.8 Å². The molecule has 1 aliphatic carbocycles. The Morgan fingerprint density at radius 3 is 2.42 bits per heavy atom. The highest BCUT2D eigenvalue weighted by Gasteiger charge is 2.27. The molecule has 33 heavy (non-hydrogen) atoms. The van der Waals surface area contributed by atoms with Gasteiger partial charge >= 0.3 is 0 Å². The molecule has 1 unspecified atom stereocenters. The third-order valence-electron chi connectivity index (χ3n) is 7.38. The summed E-state index contributed by atoms with van der Waals surface area (Å²) in [5.41, 5.74) is 8.74. The van der Waals surface area contributed by atoms with Gasteiger partial charge in [-0.1, -0.05) is 76.5 Å². The van der Waals surface area contributed by atoms with Gasteiger partial charge in [0.25, 0.3) is 0 Å². The van der Waals surface area contributed by atoms with Crippen LogP contribution in [0.4, 0.5) is 0 Å². The number of nitrogens with zero attached hydrogens (tertiary/aromatic N) is 1.